The van der Waals surface area contributed by atoms with Crippen LogP contribution in [0.2, 0.25) is 0 Å². The maximum absolute atomic E-state index is 6.19. The van der Waals surface area contributed by atoms with Crippen LogP contribution in [0.4, 0.5) is 17.1 Å². The predicted molar refractivity (Wildman–Crippen MR) is 274 cm³/mol. The van der Waals surface area contributed by atoms with Gasteiger partial charge < -0.3 is 9.32 Å². The molecular weight excluding hydrogens is 799 g/mol. The van der Waals surface area contributed by atoms with E-state index in [0.29, 0.717) is 0 Å². The van der Waals surface area contributed by atoms with Crippen LogP contribution in [0.1, 0.15) is 47.2 Å². The van der Waals surface area contributed by atoms with Gasteiger partial charge in [-0.3, -0.25) is 0 Å². The molecule has 0 spiro atoms. The number of benzene rings is 10. The summed E-state index contributed by atoms with van der Waals surface area (Å²) in [5.74, 6) is 0. The quantitative estimate of drug-likeness (QED) is 0.159. The van der Waals surface area contributed by atoms with Gasteiger partial charge >= 0.3 is 0 Å². The number of hydrogen-bond acceptors (Lipinski definition) is 2. The van der Waals surface area contributed by atoms with Crippen LogP contribution in [0.25, 0.3) is 66.4 Å². The van der Waals surface area contributed by atoms with E-state index in [4.69, 9.17) is 4.42 Å². The number of para-hydroxylation sites is 1. The average Bonchev–Trinajstić information content (AvgIpc) is 3.98. The second kappa shape index (κ2) is 14.7. The summed E-state index contributed by atoms with van der Waals surface area (Å²) in [7, 11) is 0. The number of anilines is 3. The van der Waals surface area contributed by atoms with Crippen LogP contribution in [0.5, 0.6) is 0 Å². The van der Waals surface area contributed by atoms with Crippen molar-refractivity contribution in [2.75, 3.05) is 4.90 Å². The molecule has 0 aliphatic heterocycles. The van der Waals surface area contributed by atoms with Gasteiger partial charge in [0.05, 0.1) is 5.41 Å². The van der Waals surface area contributed by atoms with Crippen LogP contribution < -0.4 is 4.90 Å². The summed E-state index contributed by atoms with van der Waals surface area (Å²) in [4.78, 5) is 2.46. The lowest BCUT2D eigenvalue weighted by molar-refractivity contribution is 0.660. The first kappa shape index (κ1) is 38.3. The van der Waals surface area contributed by atoms with Crippen LogP contribution in [0.15, 0.2) is 241 Å². The van der Waals surface area contributed by atoms with Crippen molar-refractivity contribution < 1.29 is 4.42 Å². The highest BCUT2D eigenvalue weighted by Gasteiger charge is 2.46. The largest absolute Gasteiger partial charge is 0.456 e. The standard InChI is InChI=1S/C64H45NO/c1-63(2)59-39-45(42-16-6-3-7-17-42)28-34-52(59)53-35-32-50(41-60(53)63)65(48-30-26-43(27-31-48)44-29-37-62-56(38-44)54-23-13-15-25-61(54)66-62)49-33-36-58-55(40-49)51-22-12-14-24-57(51)64(58,46-18-8-4-9-19-46)47-20-10-5-11-21-47/h3-41H,1-2H3. The molecule has 2 heteroatoms. The van der Waals surface area contributed by atoms with Crippen molar-refractivity contribution >= 4 is 39.0 Å². The molecule has 312 valence electrons. The van der Waals surface area contributed by atoms with E-state index < -0.39 is 5.41 Å². The lowest BCUT2D eigenvalue weighted by Gasteiger charge is -2.34. The van der Waals surface area contributed by atoms with Gasteiger partial charge in [-0.1, -0.05) is 190 Å². The Labute approximate surface area is 385 Å². The zero-order valence-corrected chi connectivity index (χ0v) is 36.9. The Bertz CT molecular complexity index is 3620. The van der Waals surface area contributed by atoms with Crippen molar-refractivity contribution in [3.63, 3.8) is 0 Å². The van der Waals surface area contributed by atoms with Gasteiger partial charge in [0.15, 0.2) is 0 Å². The fourth-order valence-corrected chi connectivity index (χ4v) is 11.4. The third-order valence-corrected chi connectivity index (χ3v) is 14.6. The molecule has 2 aliphatic rings. The third kappa shape index (κ3) is 5.68. The molecule has 0 radical (unpaired) electrons. The van der Waals surface area contributed by atoms with Crippen molar-refractivity contribution in [1.82, 2.24) is 0 Å². The topological polar surface area (TPSA) is 16.4 Å². The fourth-order valence-electron chi connectivity index (χ4n) is 11.4. The number of nitrogens with zero attached hydrogens (tertiary/aromatic N) is 1. The smallest absolute Gasteiger partial charge is 0.135 e. The molecule has 2 aliphatic carbocycles. The highest BCUT2D eigenvalue weighted by atomic mass is 16.3. The lowest BCUT2D eigenvalue weighted by Crippen LogP contribution is -2.28. The molecule has 0 saturated heterocycles. The van der Waals surface area contributed by atoms with Gasteiger partial charge in [0.1, 0.15) is 11.2 Å². The van der Waals surface area contributed by atoms with E-state index in [1.54, 1.807) is 0 Å². The SMILES string of the molecule is CC1(C)c2cc(-c3ccccc3)ccc2-c2ccc(N(c3ccc(-c4ccc5oc6ccccc6c5c4)cc3)c3ccc4c(c3)-c3ccccc3C4(c3ccccc3)c3ccccc3)cc21. The summed E-state index contributed by atoms with van der Waals surface area (Å²) < 4.78 is 6.19. The zero-order valence-electron chi connectivity index (χ0n) is 36.9. The zero-order chi connectivity index (χ0) is 44.0. The number of rotatable bonds is 7. The highest BCUT2D eigenvalue weighted by molar-refractivity contribution is 6.06. The van der Waals surface area contributed by atoms with Crippen LogP contribution >= 0.6 is 0 Å². The van der Waals surface area contributed by atoms with Gasteiger partial charge in [0.25, 0.3) is 0 Å². The molecule has 0 saturated carbocycles. The van der Waals surface area contributed by atoms with E-state index in [1.807, 2.05) is 12.1 Å². The predicted octanol–water partition coefficient (Wildman–Crippen LogP) is 17.1. The average molecular weight is 844 g/mol. The van der Waals surface area contributed by atoms with E-state index >= 15 is 0 Å². The van der Waals surface area contributed by atoms with Crippen molar-refractivity contribution in [2.45, 2.75) is 24.7 Å². The van der Waals surface area contributed by atoms with Gasteiger partial charge in [0.2, 0.25) is 0 Å². The minimum absolute atomic E-state index is 0.210. The van der Waals surface area contributed by atoms with E-state index in [1.165, 1.54) is 66.8 Å². The number of fused-ring (bicyclic) bond motifs is 9. The second-order valence-corrected chi connectivity index (χ2v) is 18.4. The first-order valence-corrected chi connectivity index (χ1v) is 23.0. The fraction of sp³-hybridized carbons (Fsp3) is 0.0625. The first-order chi connectivity index (χ1) is 32.5. The minimum atomic E-state index is -0.469. The molecule has 1 aromatic heterocycles. The Morgan fingerprint density at radius 3 is 1.58 bits per heavy atom. The molecule has 0 amide bonds. The molecule has 13 rings (SSSR count). The molecule has 0 fully saturated rings. The van der Waals surface area contributed by atoms with Gasteiger partial charge in [-0.15, -0.1) is 0 Å². The Hall–Kier alpha value is -8.20. The first-order valence-electron chi connectivity index (χ1n) is 23.0. The molecular formula is C64H45NO. The number of furan rings is 1. The summed E-state index contributed by atoms with van der Waals surface area (Å²) >= 11 is 0. The van der Waals surface area contributed by atoms with Crippen molar-refractivity contribution in [3.05, 3.63) is 270 Å². The van der Waals surface area contributed by atoms with Crippen LogP contribution in [-0.2, 0) is 10.8 Å². The van der Waals surface area contributed by atoms with Crippen LogP contribution in [-0.4, -0.2) is 0 Å². The molecule has 11 aromatic rings. The summed E-state index contributed by atoms with van der Waals surface area (Å²) in [6.07, 6.45) is 0. The molecule has 0 bridgehead atoms. The molecule has 66 heavy (non-hydrogen) atoms. The van der Waals surface area contributed by atoms with Gasteiger partial charge in [-0.25, -0.2) is 0 Å². The lowest BCUT2D eigenvalue weighted by atomic mass is 9.68. The summed E-state index contributed by atoms with van der Waals surface area (Å²) in [6, 6.07) is 87.1. The maximum atomic E-state index is 6.19. The molecule has 2 nitrogen and oxygen atoms in total. The van der Waals surface area contributed by atoms with Gasteiger partial charge in [-0.2, -0.15) is 0 Å². The van der Waals surface area contributed by atoms with Crippen LogP contribution in [0.3, 0.4) is 0 Å². The molecule has 1 heterocycles. The normalized spacial score (nSPS) is 13.8. The molecule has 0 N–H and O–H groups in total. The molecule has 10 aromatic carbocycles. The third-order valence-electron chi connectivity index (χ3n) is 14.6. The summed E-state index contributed by atoms with van der Waals surface area (Å²) in [6.45, 7) is 4.77. The summed E-state index contributed by atoms with van der Waals surface area (Å²) in [5.41, 5.74) is 22.2. The molecule has 0 atom stereocenters. The summed E-state index contributed by atoms with van der Waals surface area (Å²) in [5, 5.41) is 2.27. The maximum Gasteiger partial charge on any atom is 0.135 e. The van der Waals surface area contributed by atoms with Crippen molar-refractivity contribution in [1.29, 1.82) is 0 Å². The van der Waals surface area contributed by atoms with Crippen LogP contribution in [0, 0.1) is 0 Å². The van der Waals surface area contributed by atoms with E-state index in [-0.39, 0.29) is 5.41 Å². The van der Waals surface area contributed by atoms with Crippen molar-refractivity contribution in [3.8, 4) is 44.5 Å². The Morgan fingerprint density at radius 1 is 0.318 bits per heavy atom. The van der Waals surface area contributed by atoms with E-state index in [2.05, 4.69) is 243 Å². The van der Waals surface area contributed by atoms with Crippen molar-refractivity contribution in [2.24, 2.45) is 0 Å². The minimum Gasteiger partial charge on any atom is -0.456 e. The van der Waals surface area contributed by atoms with Gasteiger partial charge in [0, 0.05) is 33.2 Å². The Kier molecular flexibility index (Phi) is 8.51. The monoisotopic (exact) mass is 843 g/mol. The molecule has 0 unspecified atom stereocenters. The Balaban J connectivity index is 0.981. The second-order valence-electron chi connectivity index (χ2n) is 18.4. The van der Waals surface area contributed by atoms with E-state index in [9.17, 15) is 0 Å². The highest BCUT2D eigenvalue weighted by Crippen LogP contribution is 2.58. The Morgan fingerprint density at radius 2 is 0.818 bits per heavy atom. The van der Waals surface area contributed by atoms with Gasteiger partial charge in [-0.05, 0) is 139 Å². The number of hydrogen-bond donors (Lipinski definition) is 0. The van der Waals surface area contributed by atoms with E-state index in [0.717, 1.165) is 50.1 Å².